The first-order valence-electron chi connectivity index (χ1n) is 4.33. The van der Waals surface area contributed by atoms with E-state index in [9.17, 15) is 4.79 Å². The van der Waals surface area contributed by atoms with Gasteiger partial charge in [0, 0.05) is 0 Å². The summed E-state index contributed by atoms with van der Waals surface area (Å²) in [6.45, 7) is 2.04. The lowest BCUT2D eigenvalue weighted by molar-refractivity contribution is -0.111. The van der Waals surface area contributed by atoms with Crippen molar-refractivity contribution >= 4 is 6.29 Å². The summed E-state index contributed by atoms with van der Waals surface area (Å²) in [6.07, 6.45) is 0.963. The molecule has 0 spiro atoms. The molecule has 1 atom stereocenters. The van der Waals surface area contributed by atoms with Gasteiger partial charge in [0.05, 0.1) is 6.04 Å². The summed E-state index contributed by atoms with van der Waals surface area (Å²) in [5, 5.41) is 0. The summed E-state index contributed by atoms with van der Waals surface area (Å²) in [7, 11) is 3.80. The van der Waals surface area contributed by atoms with Crippen LogP contribution in [-0.4, -0.2) is 25.3 Å². The summed E-state index contributed by atoms with van der Waals surface area (Å²) in [6, 6.07) is 7.91. The number of carbonyl (C=O) groups excluding carboxylic acids is 1. The van der Waals surface area contributed by atoms with Crippen molar-refractivity contribution in [3.8, 4) is 0 Å². The van der Waals surface area contributed by atoms with Crippen molar-refractivity contribution in [2.75, 3.05) is 14.1 Å². The molecular weight excluding hydrogens is 162 g/mol. The Morgan fingerprint density at radius 1 is 1.23 bits per heavy atom. The monoisotopic (exact) mass is 177 g/mol. The van der Waals surface area contributed by atoms with Crippen LogP contribution < -0.4 is 0 Å². The van der Waals surface area contributed by atoms with E-state index in [1.54, 1.807) is 0 Å². The van der Waals surface area contributed by atoms with Gasteiger partial charge in [-0.25, -0.2) is 0 Å². The molecular formula is C11H15NO. The van der Waals surface area contributed by atoms with Crippen molar-refractivity contribution in [1.29, 1.82) is 0 Å². The predicted molar refractivity (Wildman–Crippen MR) is 53.7 cm³/mol. The summed E-state index contributed by atoms with van der Waals surface area (Å²) < 4.78 is 0. The lowest BCUT2D eigenvalue weighted by atomic mass is 10.1. The normalized spacial score (nSPS) is 12.9. The number of benzene rings is 1. The molecule has 0 fully saturated rings. The second kappa shape index (κ2) is 4.19. The molecule has 0 saturated carbocycles. The molecule has 0 aliphatic heterocycles. The molecule has 0 N–H and O–H groups in total. The Morgan fingerprint density at radius 3 is 2.15 bits per heavy atom. The van der Waals surface area contributed by atoms with E-state index in [4.69, 9.17) is 0 Å². The van der Waals surface area contributed by atoms with E-state index in [-0.39, 0.29) is 6.04 Å². The molecule has 2 nitrogen and oxygen atoms in total. The van der Waals surface area contributed by atoms with Gasteiger partial charge >= 0.3 is 0 Å². The van der Waals surface area contributed by atoms with Crippen LogP contribution in [0, 0.1) is 6.92 Å². The molecule has 1 aromatic carbocycles. The van der Waals surface area contributed by atoms with Gasteiger partial charge in [-0.2, -0.15) is 0 Å². The highest BCUT2D eigenvalue weighted by Gasteiger charge is 2.11. The maximum absolute atomic E-state index is 10.8. The molecule has 70 valence electrons. The fourth-order valence-corrected chi connectivity index (χ4v) is 1.26. The van der Waals surface area contributed by atoms with E-state index < -0.39 is 0 Å². The lowest BCUT2D eigenvalue weighted by Gasteiger charge is -2.18. The number of rotatable bonds is 3. The highest BCUT2D eigenvalue weighted by Crippen LogP contribution is 2.15. The smallest absolute Gasteiger partial charge is 0.141 e. The first-order chi connectivity index (χ1) is 6.15. The maximum Gasteiger partial charge on any atom is 0.141 e. The average Bonchev–Trinajstić information content (AvgIpc) is 2.09. The summed E-state index contributed by atoms with van der Waals surface area (Å²) in [5.74, 6) is 0. The molecule has 0 aromatic heterocycles. The Balaban J connectivity index is 2.92. The maximum atomic E-state index is 10.8. The van der Waals surface area contributed by atoms with Crippen LogP contribution in [0.25, 0.3) is 0 Å². The van der Waals surface area contributed by atoms with Crippen LogP contribution in [0.3, 0.4) is 0 Å². The topological polar surface area (TPSA) is 20.3 Å². The van der Waals surface area contributed by atoms with E-state index >= 15 is 0 Å². The lowest BCUT2D eigenvalue weighted by Crippen LogP contribution is -2.20. The van der Waals surface area contributed by atoms with Crippen LogP contribution in [-0.2, 0) is 4.79 Å². The molecule has 13 heavy (non-hydrogen) atoms. The van der Waals surface area contributed by atoms with E-state index in [2.05, 4.69) is 0 Å². The summed E-state index contributed by atoms with van der Waals surface area (Å²) in [5.41, 5.74) is 2.26. The number of nitrogens with zero attached hydrogens (tertiary/aromatic N) is 1. The molecule has 0 aliphatic rings. The first-order valence-corrected chi connectivity index (χ1v) is 4.33. The second-order valence-corrected chi connectivity index (χ2v) is 3.46. The van der Waals surface area contributed by atoms with Gasteiger partial charge in [0.2, 0.25) is 0 Å². The van der Waals surface area contributed by atoms with Crippen LogP contribution >= 0.6 is 0 Å². The third kappa shape index (κ3) is 2.39. The molecule has 1 rings (SSSR count). The van der Waals surface area contributed by atoms with Gasteiger partial charge in [-0.05, 0) is 26.6 Å². The van der Waals surface area contributed by atoms with Crippen molar-refractivity contribution in [3.05, 3.63) is 35.4 Å². The van der Waals surface area contributed by atoms with Gasteiger partial charge in [-0.3, -0.25) is 4.90 Å². The Bertz CT molecular complexity index is 277. The largest absolute Gasteiger partial charge is 0.301 e. The molecule has 1 aromatic rings. The van der Waals surface area contributed by atoms with Gasteiger partial charge < -0.3 is 4.79 Å². The van der Waals surface area contributed by atoms with Crippen molar-refractivity contribution in [2.45, 2.75) is 13.0 Å². The number of hydrogen-bond donors (Lipinski definition) is 0. The highest BCUT2D eigenvalue weighted by atomic mass is 16.1. The Kier molecular flexibility index (Phi) is 3.20. The quantitative estimate of drug-likeness (QED) is 0.656. The molecule has 0 aliphatic carbocycles. The zero-order valence-electron chi connectivity index (χ0n) is 8.32. The van der Waals surface area contributed by atoms with Gasteiger partial charge in [0.15, 0.2) is 0 Å². The SMILES string of the molecule is Cc1ccc(C(C=O)N(C)C)cc1. The molecule has 0 heterocycles. The van der Waals surface area contributed by atoms with E-state index in [1.807, 2.05) is 50.2 Å². The van der Waals surface area contributed by atoms with Crippen molar-refractivity contribution < 1.29 is 4.79 Å². The highest BCUT2D eigenvalue weighted by molar-refractivity contribution is 5.61. The predicted octanol–water partition coefficient (Wildman–Crippen LogP) is 1.80. The molecule has 0 amide bonds. The fourth-order valence-electron chi connectivity index (χ4n) is 1.26. The van der Waals surface area contributed by atoms with Crippen molar-refractivity contribution in [2.24, 2.45) is 0 Å². The minimum atomic E-state index is -0.124. The molecule has 2 heteroatoms. The summed E-state index contributed by atoms with van der Waals surface area (Å²) >= 11 is 0. The molecule has 0 saturated heterocycles. The number of aryl methyl sites for hydroxylation is 1. The van der Waals surface area contributed by atoms with Crippen LogP contribution in [0.5, 0.6) is 0 Å². The van der Waals surface area contributed by atoms with E-state index in [0.717, 1.165) is 11.8 Å². The average molecular weight is 177 g/mol. The van der Waals surface area contributed by atoms with Crippen LogP contribution in [0.4, 0.5) is 0 Å². The van der Waals surface area contributed by atoms with Crippen LogP contribution in [0.1, 0.15) is 17.2 Å². The fraction of sp³-hybridized carbons (Fsp3) is 0.364. The van der Waals surface area contributed by atoms with Crippen LogP contribution in [0.15, 0.2) is 24.3 Å². The van der Waals surface area contributed by atoms with Crippen molar-refractivity contribution in [3.63, 3.8) is 0 Å². The van der Waals surface area contributed by atoms with Crippen LogP contribution in [0.2, 0.25) is 0 Å². The Morgan fingerprint density at radius 2 is 1.77 bits per heavy atom. The number of likely N-dealkylation sites (N-methyl/N-ethyl adjacent to an activating group) is 1. The third-order valence-electron chi connectivity index (χ3n) is 2.10. The van der Waals surface area contributed by atoms with Gasteiger partial charge in [0.1, 0.15) is 6.29 Å². The van der Waals surface area contributed by atoms with E-state index in [1.165, 1.54) is 5.56 Å². The van der Waals surface area contributed by atoms with Crippen molar-refractivity contribution in [1.82, 2.24) is 4.90 Å². The zero-order valence-corrected chi connectivity index (χ0v) is 8.32. The van der Waals surface area contributed by atoms with Gasteiger partial charge in [-0.15, -0.1) is 0 Å². The van der Waals surface area contributed by atoms with E-state index in [0.29, 0.717) is 0 Å². The molecule has 0 bridgehead atoms. The second-order valence-electron chi connectivity index (χ2n) is 3.46. The number of hydrogen-bond acceptors (Lipinski definition) is 2. The third-order valence-corrected chi connectivity index (χ3v) is 2.10. The Labute approximate surface area is 79.2 Å². The number of carbonyl (C=O) groups is 1. The summed E-state index contributed by atoms with van der Waals surface area (Å²) in [4.78, 5) is 12.7. The standard InChI is InChI=1S/C11H15NO/c1-9-4-6-10(7-5-9)11(8-13)12(2)3/h4-8,11H,1-3H3. The Hall–Kier alpha value is -1.15. The van der Waals surface area contributed by atoms with Gasteiger partial charge in [0.25, 0.3) is 0 Å². The molecule has 1 unspecified atom stereocenters. The van der Waals surface area contributed by atoms with Gasteiger partial charge in [-0.1, -0.05) is 29.8 Å². The minimum Gasteiger partial charge on any atom is -0.301 e. The first kappa shape index (κ1) is 9.93. The zero-order chi connectivity index (χ0) is 9.84. The number of aldehydes is 1. The minimum absolute atomic E-state index is 0.124. The molecule has 0 radical (unpaired) electrons.